The maximum atomic E-state index is 12.2. The number of likely N-dealkylation sites (N-methyl/N-ethyl adjacent to an activating group) is 1. The molecule has 0 aliphatic carbocycles. The molecule has 0 aromatic heterocycles. The molecule has 1 aromatic carbocycles. The Morgan fingerprint density at radius 1 is 1.47 bits per heavy atom. The molecular formula is C13H16N2O2. The highest BCUT2D eigenvalue weighted by molar-refractivity contribution is 6.06. The summed E-state index contributed by atoms with van der Waals surface area (Å²) in [6, 6.07) is 5.35. The first-order chi connectivity index (χ1) is 8.04. The third-order valence-electron chi connectivity index (χ3n) is 2.96. The van der Waals surface area contributed by atoms with Gasteiger partial charge in [0, 0.05) is 24.7 Å². The molecule has 0 spiro atoms. The summed E-state index contributed by atoms with van der Waals surface area (Å²) >= 11 is 0. The van der Waals surface area contributed by atoms with Gasteiger partial charge in [0.15, 0.2) is 0 Å². The van der Waals surface area contributed by atoms with E-state index in [1.807, 2.05) is 32.0 Å². The van der Waals surface area contributed by atoms with Crippen LogP contribution in [0.5, 0.6) is 0 Å². The first-order valence-electron chi connectivity index (χ1n) is 5.73. The molecule has 1 aliphatic heterocycles. The van der Waals surface area contributed by atoms with Crippen molar-refractivity contribution < 1.29 is 9.59 Å². The van der Waals surface area contributed by atoms with Crippen LogP contribution in [0, 0.1) is 6.92 Å². The SMILES string of the molecule is CCN1C(=O)[C@@H](NC(C)=O)c2cc(C)ccc21. The second-order valence-electron chi connectivity index (χ2n) is 4.28. The van der Waals surface area contributed by atoms with Crippen LogP contribution in [0.4, 0.5) is 5.69 Å². The van der Waals surface area contributed by atoms with Gasteiger partial charge in [-0.15, -0.1) is 0 Å². The van der Waals surface area contributed by atoms with Crippen molar-refractivity contribution in [3.8, 4) is 0 Å². The molecule has 17 heavy (non-hydrogen) atoms. The van der Waals surface area contributed by atoms with Crippen LogP contribution in [0.3, 0.4) is 0 Å². The fourth-order valence-electron chi connectivity index (χ4n) is 2.23. The molecule has 1 aliphatic rings. The van der Waals surface area contributed by atoms with Crippen molar-refractivity contribution >= 4 is 17.5 Å². The summed E-state index contributed by atoms with van der Waals surface area (Å²) in [5, 5.41) is 2.71. The van der Waals surface area contributed by atoms with Gasteiger partial charge in [-0.1, -0.05) is 17.7 Å². The Labute approximate surface area is 101 Å². The van der Waals surface area contributed by atoms with Gasteiger partial charge in [0.05, 0.1) is 0 Å². The van der Waals surface area contributed by atoms with E-state index in [1.165, 1.54) is 6.92 Å². The Balaban J connectivity index is 2.47. The van der Waals surface area contributed by atoms with Gasteiger partial charge in [0.25, 0.3) is 5.91 Å². The maximum Gasteiger partial charge on any atom is 0.254 e. The van der Waals surface area contributed by atoms with Crippen LogP contribution in [-0.2, 0) is 9.59 Å². The molecule has 0 saturated carbocycles. The van der Waals surface area contributed by atoms with Gasteiger partial charge in [-0.25, -0.2) is 0 Å². The lowest BCUT2D eigenvalue weighted by atomic mass is 10.1. The number of hydrogen-bond donors (Lipinski definition) is 1. The van der Waals surface area contributed by atoms with E-state index in [0.717, 1.165) is 16.8 Å². The molecule has 1 atom stereocenters. The fraction of sp³-hybridized carbons (Fsp3) is 0.385. The largest absolute Gasteiger partial charge is 0.341 e. The van der Waals surface area contributed by atoms with E-state index in [9.17, 15) is 9.59 Å². The number of benzene rings is 1. The van der Waals surface area contributed by atoms with Gasteiger partial charge in [-0.05, 0) is 19.9 Å². The van der Waals surface area contributed by atoms with Gasteiger partial charge < -0.3 is 10.2 Å². The van der Waals surface area contributed by atoms with Crippen LogP contribution in [0.15, 0.2) is 18.2 Å². The highest BCUT2D eigenvalue weighted by Gasteiger charge is 2.36. The molecule has 0 saturated heterocycles. The number of hydrogen-bond acceptors (Lipinski definition) is 2. The first kappa shape index (κ1) is 11.6. The molecule has 2 rings (SSSR count). The molecule has 2 amide bonds. The molecule has 0 radical (unpaired) electrons. The second kappa shape index (κ2) is 4.20. The third-order valence-corrected chi connectivity index (χ3v) is 2.96. The molecule has 4 heteroatoms. The standard InChI is InChI=1S/C13H16N2O2/c1-4-15-11-6-5-8(2)7-10(11)12(13(15)17)14-9(3)16/h5-7,12H,4H2,1-3H3,(H,14,16)/t12-/m0/s1. The smallest absolute Gasteiger partial charge is 0.254 e. The fourth-order valence-corrected chi connectivity index (χ4v) is 2.23. The van der Waals surface area contributed by atoms with Crippen molar-refractivity contribution in [1.82, 2.24) is 5.32 Å². The van der Waals surface area contributed by atoms with Crippen LogP contribution in [-0.4, -0.2) is 18.4 Å². The topological polar surface area (TPSA) is 49.4 Å². The molecule has 90 valence electrons. The van der Waals surface area contributed by atoms with E-state index in [4.69, 9.17) is 0 Å². The zero-order valence-corrected chi connectivity index (χ0v) is 10.3. The minimum absolute atomic E-state index is 0.0525. The third kappa shape index (κ3) is 1.90. The Morgan fingerprint density at radius 3 is 2.76 bits per heavy atom. The summed E-state index contributed by atoms with van der Waals surface area (Å²) in [5.41, 5.74) is 2.89. The molecule has 1 aromatic rings. The number of nitrogens with one attached hydrogen (secondary N) is 1. The zero-order chi connectivity index (χ0) is 12.6. The molecule has 0 unspecified atom stereocenters. The van der Waals surface area contributed by atoms with E-state index in [0.29, 0.717) is 6.54 Å². The molecule has 1 N–H and O–H groups in total. The van der Waals surface area contributed by atoms with Crippen molar-refractivity contribution in [2.75, 3.05) is 11.4 Å². The van der Waals surface area contributed by atoms with Gasteiger partial charge >= 0.3 is 0 Å². The number of aryl methyl sites for hydroxylation is 1. The number of fused-ring (bicyclic) bond motifs is 1. The summed E-state index contributed by atoms with van der Waals surface area (Å²) in [4.78, 5) is 25.0. The predicted molar refractivity (Wildman–Crippen MR) is 65.8 cm³/mol. The van der Waals surface area contributed by atoms with Gasteiger partial charge in [0.2, 0.25) is 5.91 Å². The van der Waals surface area contributed by atoms with Gasteiger partial charge in [0.1, 0.15) is 6.04 Å². The lowest BCUT2D eigenvalue weighted by Crippen LogP contribution is -2.36. The van der Waals surface area contributed by atoms with Crippen molar-refractivity contribution in [2.24, 2.45) is 0 Å². The second-order valence-corrected chi connectivity index (χ2v) is 4.28. The van der Waals surface area contributed by atoms with Gasteiger partial charge in [-0.3, -0.25) is 9.59 Å². The normalized spacial score (nSPS) is 18.2. The van der Waals surface area contributed by atoms with Crippen molar-refractivity contribution in [2.45, 2.75) is 26.8 Å². The van der Waals surface area contributed by atoms with E-state index in [1.54, 1.807) is 4.90 Å². The van der Waals surface area contributed by atoms with E-state index in [2.05, 4.69) is 5.32 Å². The molecule has 0 fully saturated rings. The Morgan fingerprint density at radius 2 is 2.18 bits per heavy atom. The minimum Gasteiger partial charge on any atom is -0.341 e. The average Bonchev–Trinajstić information content (AvgIpc) is 2.51. The van der Waals surface area contributed by atoms with Crippen LogP contribution < -0.4 is 10.2 Å². The summed E-state index contributed by atoms with van der Waals surface area (Å²) < 4.78 is 0. The number of carbonyl (C=O) groups is 2. The maximum absolute atomic E-state index is 12.2. The zero-order valence-electron chi connectivity index (χ0n) is 10.3. The number of carbonyl (C=O) groups excluding carboxylic acids is 2. The quantitative estimate of drug-likeness (QED) is 0.840. The Hall–Kier alpha value is -1.84. The Kier molecular flexibility index (Phi) is 2.88. The number of amides is 2. The summed E-state index contributed by atoms with van der Waals surface area (Å²) in [6.07, 6.45) is 0. The van der Waals surface area contributed by atoms with E-state index in [-0.39, 0.29) is 11.8 Å². The van der Waals surface area contributed by atoms with Crippen LogP contribution >= 0.6 is 0 Å². The first-order valence-corrected chi connectivity index (χ1v) is 5.73. The lowest BCUT2D eigenvalue weighted by molar-refractivity contribution is -0.126. The highest BCUT2D eigenvalue weighted by Crippen LogP contribution is 2.36. The summed E-state index contributed by atoms with van der Waals surface area (Å²) in [5.74, 6) is -0.239. The van der Waals surface area contributed by atoms with Crippen molar-refractivity contribution in [3.63, 3.8) is 0 Å². The van der Waals surface area contributed by atoms with Crippen LogP contribution in [0.1, 0.15) is 31.0 Å². The predicted octanol–water partition coefficient (Wildman–Crippen LogP) is 1.54. The van der Waals surface area contributed by atoms with E-state index >= 15 is 0 Å². The summed E-state index contributed by atoms with van der Waals surface area (Å²) in [6.45, 7) is 5.95. The molecule has 4 nitrogen and oxygen atoms in total. The monoisotopic (exact) mass is 232 g/mol. The Bertz CT molecular complexity index is 482. The lowest BCUT2D eigenvalue weighted by Gasteiger charge is -2.15. The van der Waals surface area contributed by atoms with Crippen molar-refractivity contribution in [1.29, 1.82) is 0 Å². The number of nitrogens with zero attached hydrogens (tertiary/aromatic N) is 1. The van der Waals surface area contributed by atoms with Crippen LogP contribution in [0.2, 0.25) is 0 Å². The molecule has 0 bridgehead atoms. The number of anilines is 1. The van der Waals surface area contributed by atoms with Crippen molar-refractivity contribution in [3.05, 3.63) is 29.3 Å². The molecular weight excluding hydrogens is 216 g/mol. The average molecular weight is 232 g/mol. The number of rotatable bonds is 2. The minimum atomic E-state index is -0.526. The molecule has 1 heterocycles. The highest BCUT2D eigenvalue weighted by atomic mass is 16.2. The summed E-state index contributed by atoms with van der Waals surface area (Å²) in [7, 11) is 0. The van der Waals surface area contributed by atoms with Crippen LogP contribution in [0.25, 0.3) is 0 Å². The van der Waals surface area contributed by atoms with E-state index < -0.39 is 6.04 Å². The van der Waals surface area contributed by atoms with Gasteiger partial charge in [-0.2, -0.15) is 0 Å².